The Labute approximate surface area is 140 Å². The fraction of sp³-hybridized carbons (Fsp3) is 0.529. The van der Waals surface area contributed by atoms with Crippen molar-refractivity contribution >= 4 is 5.91 Å². The molecule has 24 heavy (non-hydrogen) atoms. The van der Waals surface area contributed by atoms with Gasteiger partial charge in [-0.05, 0) is 47.0 Å². The molecule has 1 aliphatic rings. The molecular formula is C17H23N5O2. The number of aryl methyl sites for hydroxylation is 1. The van der Waals surface area contributed by atoms with Gasteiger partial charge in [-0.3, -0.25) is 4.79 Å². The summed E-state index contributed by atoms with van der Waals surface area (Å²) in [5.41, 5.74) is 5.91. The van der Waals surface area contributed by atoms with Crippen molar-refractivity contribution in [1.29, 1.82) is 0 Å². The predicted molar refractivity (Wildman–Crippen MR) is 89.9 cm³/mol. The van der Waals surface area contributed by atoms with Crippen LogP contribution in [0.1, 0.15) is 55.3 Å². The lowest BCUT2D eigenvalue weighted by Crippen LogP contribution is -2.24. The molecule has 0 aliphatic heterocycles. The second-order valence-corrected chi connectivity index (χ2v) is 6.45. The summed E-state index contributed by atoms with van der Waals surface area (Å²) in [5, 5.41) is 7.86. The number of aromatic nitrogens is 4. The van der Waals surface area contributed by atoms with Crippen LogP contribution in [0.5, 0.6) is 0 Å². The standard InChI is InChI=1S/C17H23N5O2/c18-16(23)14-8-10-15(11-9-14)22-17(24)21(19-20-22)12-4-3-7-13-5-1-2-6-13/h8-11,13H,1-7,12H2,(H2,18,23). The number of rotatable bonds is 7. The fourth-order valence-electron chi connectivity index (χ4n) is 3.34. The van der Waals surface area contributed by atoms with E-state index >= 15 is 0 Å². The summed E-state index contributed by atoms with van der Waals surface area (Å²) in [6.45, 7) is 0.588. The maximum atomic E-state index is 12.3. The fourth-order valence-corrected chi connectivity index (χ4v) is 3.34. The Balaban J connectivity index is 1.58. The van der Waals surface area contributed by atoms with Gasteiger partial charge in [-0.2, -0.15) is 9.36 Å². The van der Waals surface area contributed by atoms with Crippen molar-refractivity contribution < 1.29 is 4.79 Å². The van der Waals surface area contributed by atoms with Crippen LogP contribution < -0.4 is 11.4 Å². The molecule has 0 radical (unpaired) electrons. The SMILES string of the molecule is NC(=O)c1ccc(-n2nnn(CCCCC3CCCC3)c2=O)cc1. The van der Waals surface area contributed by atoms with Gasteiger partial charge >= 0.3 is 5.69 Å². The topological polar surface area (TPSA) is 95.8 Å². The van der Waals surface area contributed by atoms with Gasteiger partial charge in [0, 0.05) is 12.1 Å². The van der Waals surface area contributed by atoms with Crippen LogP contribution in [-0.4, -0.2) is 25.7 Å². The zero-order chi connectivity index (χ0) is 16.9. The third-order valence-corrected chi connectivity index (χ3v) is 4.74. The normalized spacial score (nSPS) is 15.0. The lowest BCUT2D eigenvalue weighted by atomic mass is 10.0. The molecule has 3 rings (SSSR count). The van der Waals surface area contributed by atoms with Crippen molar-refractivity contribution in [2.75, 3.05) is 0 Å². The largest absolute Gasteiger partial charge is 0.368 e. The van der Waals surface area contributed by atoms with Crippen LogP contribution in [0, 0.1) is 5.92 Å². The van der Waals surface area contributed by atoms with E-state index in [1.165, 1.54) is 41.5 Å². The number of hydrogen-bond donors (Lipinski definition) is 1. The molecule has 2 aromatic rings. The maximum absolute atomic E-state index is 12.3. The van der Waals surface area contributed by atoms with E-state index in [1.54, 1.807) is 24.3 Å². The van der Waals surface area contributed by atoms with E-state index in [0.717, 1.165) is 18.8 Å². The Morgan fingerprint density at radius 2 is 1.83 bits per heavy atom. The number of nitrogens with zero attached hydrogens (tertiary/aromatic N) is 4. The van der Waals surface area contributed by atoms with E-state index in [0.29, 0.717) is 17.8 Å². The number of hydrogen-bond acceptors (Lipinski definition) is 4. The van der Waals surface area contributed by atoms with Crippen LogP contribution in [0.25, 0.3) is 5.69 Å². The molecule has 2 N–H and O–H groups in total. The summed E-state index contributed by atoms with van der Waals surface area (Å²) >= 11 is 0. The zero-order valence-electron chi connectivity index (χ0n) is 13.7. The molecule has 1 aromatic heterocycles. The van der Waals surface area contributed by atoms with Gasteiger partial charge in [-0.1, -0.05) is 38.5 Å². The second-order valence-electron chi connectivity index (χ2n) is 6.45. The smallest absolute Gasteiger partial charge is 0.366 e. The maximum Gasteiger partial charge on any atom is 0.368 e. The quantitative estimate of drug-likeness (QED) is 0.785. The first-order chi connectivity index (χ1) is 11.6. The summed E-state index contributed by atoms with van der Waals surface area (Å²) in [7, 11) is 0. The predicted octanol–water partition coefficient (Wildman–Crippen LogP) is 1.89. The van der Waals surface area contributed by atoms with Crippen LogP contribution >= 0.6 is 0 Å². The summed E-state index contributed by atoms with van der Waals surface area (Å²) in [5.74, 6) is 0.376. The molecule has 0 atom stereocenters. The minimum absolute atomic E-state index is 0.261. The molecule has 1 fully saturated rings. The molecule has 0 bridgehead atoms. The first-order valence-electron chi connectivity index (χ1n) is 8.58. The molecule has 7 heteroatoms. The van der Waals surface area contributed by atoms with Crippen molar-refractivity contribution in [1.82, 2.24) is 19.8 Å². The molecule has 128 valence electrons. The second kappa shape index (κ2) is 7.42. The molecule has 7 nitrogen and oxygen atoms in total. The van der Waals surface area contributed by atoms with E-state index < -0.39 is 5.91 Å². The summed E-state index contributed by atoms with van der Waals surface area (Å²) in [4.78, 5) is 23.4. The van der Waals surface area contributed by atoms with Crippen LogP contribution in [-0.2, 0) is 6.54 Å². The van der Waals surface area contributed by atoms with Crippen molar-refractivity contribution in [2.45, 2.75) is 51.5 Å². The van der Waals surface area contributed by atoms with Gasteiger partial charge in [0.15, 0.2) is 0 Å². The van der Waals surface area contributed by atoms with Crippen LogP contribution in [0.4, 0.5) is 0 Å². The highest BCUT2D eigenvalue weighted by Gasteiger charge is 2.14. The molecule has 0 unspecified atom stereocenters. The van der Waals surface area contributed by atoms with Crippen molar-refractivity contribution in [2.24, 2.45) is 11.7 Å². The van der Waals surface area contributed by atoms with Gasteiger partial charge in [-0.25, -0.2) is 4.79 Å². The van der Waals surface area contributed by atoms with E-state index in [-0.39, 0.29) is 5.69 Å². The first kappa shape index (κ1) is 16.4. The number of benzene rings is 1. The highest BCUT2D eigenvalue weighted by molar-refractivity contribution is 5.92. The lowest BCUT2D eigenvalue weighted by molar-refractivity contribution is 0.100. The summed E-state index contributed by atoms with van der Waals surface area (Å²) < 4.78 is 2.64. The van der Waals surface area contributed by atoms with Gasteiger partial charge in [0.05, 0.1) is 5.69 Å². The van der Waals surface area contributed by atoms with E-state index in [9.17, 15) is 9.59 Å². The highest BCUT2D eigenvalue weighted by Crippen LogP contribution is 2.28. The Kier molecular flexibility index (Phi) is 5.08. The minimum atomic E-state index is -0.500. The van der Waals surface area contributed by atoms with Gasteiger partial charge in [0.1, 0.15) is 0 Å². The third-order valence-electron chi connectivity index (χ3n) is 4.74. The number of tetrazole rings is 1. The van der Waals surface area contributed by atoms with Crippen molar-refractivity contribution in [3.63, 3.8) is 0 Å². The Bertz CT molecular complexity index is 741. The average Bonchev–Trinajstić information content (AvgIpc) is 3.22. The molecule has 0 spiro atoms. The number of carbonyl (C=O) groups excluding carboxylic acids is 1. The third kappa shape index (κ3) is 3.72. The summed E-state index contributed by atoms with van der Waals surface area (Å²) in [6, 6.07) is 6.43. The van der Waals surface area contributed by atoms with E-state index in [1.807, 2.05) is 0 Å². The van der Waals surface area contributed by atoms with E-state index in [4.69, 9.17) is 5.73 Å². The van der Waals surface area contributed by atoms with Crippen molar-refractivity contribution in [3.05, 3.63) is 40.3 Å². The van der Waals surface area contributed by atoms with Gasteiger partial charge in [0.25, 0.3) is 0 Å². The van der Waals surface area contributed by atoms with Gasteiger partial charge in [0.2, 0.25) is 5.91 Å². The Morgan fingerprint density at radius 3 is 2.50 bits per heavy atom. The Hall–Kier alpha value is -2.44. The van der Waals surface area contributed by atoms with Crippen molar-refractivity contribution in [3.8, 4) is 5.69 Å². The van der Waals surface area contributed by atoms with Gasteiger partial charge in [-0.15, -0.1) is 0 Å². The highest BCUT2D eigenvalue weighted by atomic mass is 16.2. The molecular weight excluding hydrogens is 306 g/mol. The monoisotopic (exact) mass is 329 g/mol. The molecule has 1 aromatic carbocycles. The minimum Gasteiger partial charge on any atom is -0.366 e. The average molecular weight is 329 g/mol. The summed E-state index contributed by atoms with van der Waals surface area (Å²) in [6.07, 6.45) is 8.76. The molecule has 1 aliphatic carbocycles. The van der Waals surface area contributed by atoms with Crippen LogP contribution in [0.3, 0.4) is 0 Å². The van der Waals surface area contributed by atoms with Crippen LogP contribution in [0.2, 0.25) is 0 Å². The number of carbonyl (C=O) groups is 1. The molecule has 1 heterocycles. The number of nitrogens with two attached hydrogens (primary N) is 1. The number of unbranched alkanes of at least 4 members (excludes halogenated alkanes) is 1. The van der Waals surface area contributed by atoms with E-state index in [2.05, 4.69) is 10.4 Å². The molecule has 1 amide bonds. The zero-order valence-corrected chi connectivity index (χ0v) is 13.7. The molecule has 0 saturated heterocycles. The first-order valence-corrected chi connectivity index (χ1v) is 8.58. The number of primary amides is 1. The van der Waals surface area contributed by atoms with Gasteiger partial charge < -0.3 is 5.73 Å². The number of amides is 1. The Morgan fingerprint density at radius 1 is 1.12 bits per heavy atom. The molecule has 1 saturated carbocycles. The lowest BCUT2D eigenvalue weighted by Gasteiger charge is -2.07. The van der Waals surface area contributed by atoms with Crippen LogP contribution in [0.15, 0.2) is 29.1 Å².